The fraction of sp³-hybridized carbons (Fsp3) is 0.111. The van der Waals surface area contributed by atoms with Gasteiger partial charge in [0.05, 0.1) is 11.8 Å². The van der Waals surface area contributed by atoms with Crippen LogP contribution in [-0.4, -0.2) is 11.1 Å². The maximum Gasteiger partial charge on any atom is 0.307 e. The topological polar surface area (TPSA) is 67.5 Å². The van der Waals surface area contributed by atoms with Crippen LogP contribution in [0.4, 0.5) is 0 Å². The first-order chi connectivity index (χ1) is 10.5. The fourth-order valence-corrected chi connectivity index (χ4v) is 2.37. The number of fused-ring (bicyclic) bond motifs is 1. The van der Waals surface area contributed by atoms with E-state index in [0.717, 1.165) is 11.1 Å². The summed E-state index contributed by atoms with van der Waals surface area (Å²) in [7, 11) is 0. The number of hydrogen-bond donors (Lipinski definition) is 1. The highest BCUT2D eigenvalue weighted by atomic mass is 16.4. The van der Waals surface area contributed by atoms with Gasteiger partial charge in [0, 0.05) is 11.6 Å². The van der Waals surface area contributed by atoms with Gasteiger partial charge >= 0.3 is 5.97 Å². The monoisotopic (exact) mass is 294 g/mol. The molecule has 4 nitrogen and oxygen atoms in total. The van der Waals surface area contributed by atoms with Gasteiger partial charge in [0.2, 0.25) is 0 Å². The lowest BCUT2D eigenvalue weighted by Crippen LogP contribution is -2.01. The van der Waals surface area contributed by atoms with E-state index in [0.29, 0.717) is 22.3 Å². The van der Waals surface area contributed by atoms with Crippen molar-refractivity contribution in [1.82, 2.24) is 0 Å². The molecule has 0 fully saturated rings. The van der Waals surface area contributed by atoms with Gasteiger partial charge in [-0.05, 0) is 24.6 Å². The lowest BCUT2D eigenvalue weighted by molar-refractivity contribution is -0.136. The van der Waals surface area contributed by atoms with Crippen LogP contribution in [0, 0.1) is 6.92 Å². The second-order valence-corrected chi connectivity index (χ2v) is 5.24. The van der Waals surface area contributed by atoms with Crippen molar-refractivity contribution in [2.24, 2.45) is 0 Å². The largest absolute Gasteiger partial charge is 0.481 e. The Bertz CT molecular complexity index is 905. The number of hydrogen-bond acceptors (Lipinski definition) is 3. The molecule has 0 aliphatic carbocycles. The minimum absolute atomic E-state index is 0.0266. The van der Waals surface area contributed by atoms with Crippen LogP contribution in [0.2, 0.25) is 0 Å². The SMILES string of the molecule is Cc1ccc2oc(-c3ccc(CC(=O)O)cc3)cc(=O)c2c1. The van der Waals surface area contributed by atoms with E-state index in [9.17, 15) is 9.59 Å². The second kappa shape index (κ2) is 5.48. The molecule has 2 aromatic carbocycles. The highest BCUT2D eigenvalue weighted by Gasteiger charge is 2.08. The number of carbonyl (C=O) groups is 1. The average Bonchev–Trinajstić information content (AvgIpc) is 2.48. The zero-order valence-electron chi connectivity index (χ0n) is 12.0. The highest BCUT2D eigenvalue weighted by Crippen LogP contribution is 2.23. The molecule has 110 valence electrons. The van der Waals surface area contributed by atoms with E-state index in [-0.39, 0.29) is 11.8 Å². The van der Waals surface area contributed by atoms with Crippen molar-refractivity contribution in [3.8, 4) is 11.3 Å². The smallest absolute Gasteiger partial charge is 0.307 e. The summed E-state index contributed by atoms with van der Waals surface area (Å²) >= 11 is 0. The Labute approximate surface area is 126 Å². The Hall–Kier alpha value is -2.88. The summed E-state index contributed by atoms with van der Waals surface area (Å²) in [5.41, 5.74) is 2.91. The van der Waals surface area contributed by atoms with Crippen molar-refractivity contribution >= 4 is 16.9 Å². The van der Waals surface area contributed by atoms with Crippen LogP contribution in [0.15, 0.2) is 57.7 Å². The Kier molecular flexibility index (Phi) is 3.51. The van der Waals surface area contributed by atoms with Gasteiger partial charge in [0.1, 0.15) is 11.3 Å². The predicted octanol–water partition coefficient (Wildman–Crippen LogP) is 3.40. The third-order valence-corrected chi connectivity index (χ3v) is 3.48. The summed E-state index contributed by atoms with van der Waals surface area (Å²) in [6.07, 6.45) is -0.0266. The summed E-state index contributed by atoms with van der Waals surface area (Å²) in [6, 6.07) is 13.9. The quantitative estimate of drug-likeness (QED) is 0.804. The van der Waals surface area contributed by atoms with Gasteiger partial charge in [-0.25, -0.2) is 0 Å². The average molecular weight is 294 g/mol. The summed E-state index contributed by atoms with van der Waals surface area (Å²) in [6.45, 7) is 1.92. The third-order valence-electron chi connectivity index (χ3n) is 3.48. The molecule has 0 atom stereocenters. The van der Waals surface area contributed by atoms with Crippen molar-refractivity contribution in [2.45, 2.75) is 13.3 Å². The van der Waals surface area contributed by atoms with Crippen molar-refractivity contribution < 1.29 is 14.3 Å². The van der Waals surface area contributed by atoms with Crippen LogP contribution in [0.3, 0.4) is 0 Å². The van der Waals surface area contributed by atoms with E-state index in [1.54, 1.807) is 36.4 Å². The van der Waals surface area contributed by atoms with Crippen LogP contribution in [-0.2, 0) is 11.2 Å². The Morgan fingerprint density at radius 1 is 1.09 bits per heavy atom. The first kappa shape index (κ1) is 14.1. The zero-order chi connectivity index (χ0) is 15.7. The van der Waals surface area contributed by atoms with Crippen LogP contribution < -0.4 is 5.43 Å². The summed E-state index contributed by atoms with van der Waals surface area (Å²) in [5, 5.41) is 9.33. The van der Waals surface area contributed by atoms with E-state index < -0.39 is 5.97 Å². The van der Waals surface area contributed by atoms with Crippen molar-refractivity contribution in [1.29, 1.82) is 0 Å². The standard InChI is InChI=1S/C18H14O4/c1-11-2-7-16-14(8-11)15(19)10-17(22-16)13-5-3-12(4-6-13)9-18(20)21/h2-8,10H,9H2,1H3,(H,20,21). The molecule has 0 radical (unpaired) electrons. The molecule has 0 unspecified atom stereocenters. The second-order valence-electron chi connectivity index (χ2n) is 5.24. The lowest BCUT2D eigenvalue weighted by atomic mass is 10.1. The maximum absolute atomic E-state index is 12.2. The zero-order valence-corrected chi connectivity index (χ0v) is 12.0. The Balaban J connectivity index is 2.05. The number of benzene rings is 2. The van der Waals surface area contributed by atoms with Gasteiger partial charge in [0.15, 0.2) is 5.43 Å². The van der Waals surface area contributed by atoms with E-state index in [1.807, 2.05) is 13.0 Å². The normalized spacial score (nSPS) is 10.8. The molecular weight excluding hydrogens is 280 g/mol. The van der Waals surface area contributed by atoms with E-state index >= 15 is 0 Å². The first-order valence-corrected chi connectivity index (χ1v) is 6.88. The van der Waals surface area contributed by atoms with Crippen LogP contribution in [0.25, 0.3) is 22.3 Å². The van der Waals surface area contributed by atoms with Crippen molar-refractivity contribution in [2.75, 3.05) is 0 Å². The molecule has 3 rings (SSSR count). The summed E-state index contributed by atoms with van der Waals surface area (Å²) < 4.78 is 5.79. The number of carboxylic acid groups (broad SMARTS) is 1. The summed E-state index contributed by atoms with van der Waals surface area (Å²) in [4.78, 5) is 22.9. The molecular formula is C18H14O4. The molecule has 3 aromatic rings. The van der Waals surface area contributed by atoms with Gasteiger partial charge < -0.3 is 9.52 Å². The van der Waals surface area contributed by atoms with Crippen LogP contribution in [0.1, 0.15) is 11.1 Å². The molecule has 0 saturated carbocycles. The molecule has 1 aromatic heterocycles. The van der Waals surface area contributed by atoms with Gasteiger partial charge in [-0.3, -0.25) is 9.59 Å². The highest BCUT2D eigenvalue weighted by molar-refractivity contribution is 5.79. The maximum atomic E-state index is 12.2. The van der Waals surface area contributed by atoms with E-state index in [4.69, 9.17) is 9.52 Å². The van der Waals surface area contributed by atoms with Crippen LogP contribution >= 0.6 is 0 Å². The number of aryl methyl sites for hydroxylation is 1. The first-order valence-electron chi connectivity index (χ1n) is 6.88. The van der Waals surface area contributed by atoms with Crippen molar-refractivity contribution in [3.05, 3.63) is 69.9 Å². The minimum Gasteiger partial charge on any atom is -0.481 e. The number of rotatable bonds is 3. The predicted molar refractivity (Wildman–Crippen MR) is 84.0 cm³/mol. The van der Waals surface area contributed by atoms with Gasteiger partial charge in [0.25, 0.3) is 0 Å². The van der Waals surface area contributed by atoms with Crippen molar-refractivity contribution in [3.63, 3.8) is 0 Å². The van der Waals surface area contributed by atoms with Gasteiger partial charge in [-0.2, -0.15) is 0 Å². The Morgan fingerprint density at radius 3 is 2.50 bits per heavy atom. The molecule has 1 N–H and O–H groups in total. The van der Waals surface area contributed by atoms with E-state index in [1.165, 1.54) is 6.07 Å². The molecule has 0 amide bonds. The lowest BCUT2D eigenvalue weighted by Gasteiger charge is -2.05. The third kappa shape index (κ3) is 2.76. The van der Waals surface area contributed by atoms with E-state index in [2.05, 4.69) is 0 Å². The number of aliphatic carboxylic acids is 1. The molecule has 0 saturated heterocycles. The minimum atomic E-state index is -0.875. The molecule has 0 aliphatic heterocycles. The van der Waals surface area contributed by atoms with Crippen LogP contribution in [0.5, 0.6) is 0 Å². The molecule has 0 aliphatic rings. The Morgan fingerprint density at radius 2 is 1.82 bits per heavy atom. The molecule has 4 heteroatoms. The molecule has 1 heterocycles. The van der Waals surface area contributed by atoms with Gasteiger partial charge in [-0.1, -0.05) is 35.9 Å². The molecule has 0 bridgehead atoms. The number of carboxylic acids is 1. The molecule has 0 spiro atoms. The molecule has 22 heavy (non-hydrogen) atoms. The fourth-order valence-electron chi connectivity index (χ4n) is 2.37. The van der Waals surface area contributed by atoms with Gasteiger partial charge in [-0.15, -0.1) is 0 Å². The summed E-state index contributed by atoms with van der Waals surface area (Å²) in [5.74, 6) is -0.399.